The number of hydrogen-bond donors (Lipinski definition) is 1. The highest BCUT2D eigenvalue weighted by Crippen LogP contribution is 2.24. The summed E-state index contributed by atoms with van der Waals surface area (Å²) in [5, 5.41) is 0. The van der Waals surface area contributed by atoms with E-state index in [2.05, 4.69) is 29.2 Å². The van der Waals surface area contributed by atoms with Crippen LogP contribution in [0.25, 0.3) is 5.69 Å². The Hall–Kier alpha value is -3.08. The van der Waals surface area contributed by atoms with Gasteiger partial charge in [-0.2, -0.15) is 0 Å². The molecule has 144 valence electrons. The number of carbonyl (C=O) groups is 1. The minimum atomic E-state index is -0.169. The second kappa shape index (κ2) is 7.89. The Balaban J connectivity index is 1.46. The number of H-pyrrole nitrogens is 1. The number of carbonyl (C=O) groups excluding carboxylic acids is 1. The van der Waals surface area contributed by atoms with Crippen LogP contribution < -0.4 is 5.69 Å². The van der Waals surface area contributed by atoms with Crippen molar-refractivity contribution in [2.24, 2.45) is 0 Å². The minimum absolute atomic E-state index is 0.0836. The highest BCUT2D eigenvalue weighted by Gasteiger charge is 2.29. The summed E-state index contributed by atoms with van der Waals surface area (Å²) in [6, 6.07) is 18.1. The fourth-order valence-electron chi connectivity index (χ4n) is 4.08. The smallest absolute Gasteiger partial charge is 0.330 e. The summed E-state index contributed by atoms with van der Waals surface area (Å²) in [6.45, 7) is 2.69. The maximum absolute atomic E-state index is 13.1. The fraction of sp³-hybridized carbons (Fsp3) is 0.304. The molecule has 3 aromatic rings. The Morgan fingerprint density at radius 1 is 1.11 bits per heavy atom. The first-order valence-corrected chi connectivity index (χ1v) is 9.86. The van der Waals surface area contributed by atoms with Crippen LogP contribution in [0.5, 0.6) is 0 Å². The molecule has 1 aliphatic heterocycles. The van der Waals surface area contributed by atoms with Crippen molar-refractivity contribution in [3.63, 3.8) is 0 Å². The van der Waals surface area contributed by atoms with Crippen molar-refractivity contribution in [3.8, 4) is 5.69 Å². The zero-order valence-corrected chi connectivity index (χ0v) is 16.1. The standard InChI is InChI=1S/C23H25N3O2/c1-17-16-24-23(28)26(17)21-13-10-19(11-14-21)22(27)25-15-5-8-20(25)12-9-18-6-3-2-4-7-18/h2-4,6-7,10-11,13-14,16,20H,5,8-9,12,15H2,1H3,(H,24,28). The lowest BCUT2D eigenvalue weighted by Gasteiger charge is -2.25. The van der Waals surface area contributed by atoms with E-state index in [0.29, 0.717) is 11.6 Å². The van der Waals surface area contributed by atoms with Gasteiger partial charge in [-0.3, -0.25) is 9.36 Å². The quantitative estimate of drug-likeness (QED) is 0.739. The molecule has 2 heterocycles. The van der Waals surface area contributed by atoms with Gasteiger partial charge in [0.1, 0.15) is 0 Å². The largest absolute Gasteiger partial charge is 0.336 e. The van der Waals surface area contributed by atoms with Gasteiger partial charge in [0, 0.05) is 30.0 Å². The average molecular weight is 375 g/mol. The molecule has 0 spiro atoms. The summed E-state index contributed by atoms with van der Waals surface area (Å²) < 4.78 is 1.60. The van der Waals surface area contributed by atoms with Crippen molar-refractivity contribution in [3.05, 3.63) is 88.1 Å². The number of nitrogens with zero attached hydrogens (tertiary/aromatic N) is 2. The fourth-order valence-corrected chi connectivity index (χ4v) is 4.08. The summed E-state index contributed by atoms with van der Waals surface area (Å²) >= 11 is 0. The van der Waals surface area contributed by atoms with Gasteiger partial charge in [-0.25, -0.2) is 4.79 Å². The average Bonchev–Trinajstić information content (AvgIpc) is 3.33. The molecule has 4 rings (SSSR count). The first-order valence-electron chi connectivity index (χ1n) is 9.86. The lowest BCUT2D eigenvalue weighted by Crippen LogP contribution is -2.35. The van der Waals surface area contributed by atoms with E-state index >= 15 is 0 Å². The maximum atomic E-state index is 13.1. The molecule has 0 aliphatic carbocycles. The van der Waals surface area contributed by atoms with E-state index in [9.17, 15) is 9.59 Å². The van der Waals surface area contributed by atoms with E-state index in [1.165, 1.54) is 5.56 Å². The second-order valence-electron chi connectivity index (χ2n) is 7.44. The zero-order chi connectivity index (χ0) is 19.5. The number of hydrogen-bond acceptors (Lipinski definition) is 2. The van der Waals surface area contributed by atoms with Crippen LogP contribution in [0.3, 0.4) is 0 Å². The third-order valence-corrected chi connectivity index (χ3v) is 5.58. The molecule has 2 aromatic carbocycles. The number of aryl methyl sites for hydroxylation is 2. The van der Waals surface area contributed by atoms with Crippen LogP contribution in [0, 0.1) is 6.92 Å². The van der Waals surface area contributed by atoms with E-state index in [-0.39, 0.29) is 11.6 Å². The molecule has 1 atom stereocenters. The molecule has 28 heavy (non-hydrogen) atoms. The highest BCUT2D eigenvalue weighted by atomic mass is 16.2. The van der Waals surface area contributed by atoms with Gasteiger partial charge in [-0.1, -0.05) is 30.3 Å². The van der Waals surface area contributed by atoms with Gasteiger partial charge in [0.05, 0.1) is 5.69 Å². The Bertz CT molecular complexity index is 1000. The van der Waals surface area contributed by atoms with Gasteiger partial charge in [-0.05, 0) is 62.4 Å². The molecule has 5 nitrogen and oxygen atoms in total. The van der Waals surface area contributed by atoms with Crippen LogP contribution in [-0.4, -0.2) is 32.9 Å². The molecule has 1 aromatic heterocycles. The first kappa shape index (κ1) is 18.3. The van der Waals surface area contributed by atoms with E-state index in [1.807, 2.05) is 42.2 Å². The van der Waals surface area contributed by atoms with E-state index in [0.717, 1.165) is 43.6 Å². The first-order chi connectivity index (χ1) is 13.6. The third-order valence-electron chi connectivity index (χ3n) is 5.58. The predicted molar refractivity (Wildman–Crippen MR) is 110 cm³/mol. The van der Waals surface area contributed by atoms with Gasteiger partial charge in [0.25, 0.3) is 5.91 Å². The predicted octanol–water partition coefficient (Wildman–Crippen LogP) is 3.71. The molecule has 1 fully saturated rings. The van der Waals surface area contributed by atoms with Crippen LogP contribution in [0.1, 0.15) is 40.9 Å². The second-order valence-corrected chi connectivity index (χ2v) is 7.44. The summed E-state index contributed by atoms with van der Waals surface area (Å²) in [5.41, 5.74) is 3.43. The minimum Gasteiger partial charge on any atom is -0.336 e. The van der Waals surface area contributed by atoms with Crippen molar-refractivity contribution in [2.75, 3.05) is 6.54 Å². The van der Waals surface area contributed by atoms with Crippen molar-refractivity contribution in [1.82, 2.24) is 14.5 Å². The monoisotopic (exact) mass is 375 g/mol. The molecule has 0 bridgehead atoms. The van der Waals surface area contributed by atoms with Gasteiger partial charge in [0.15, 0.2) is 0 Å². The van der Waals surface area contributed by atoms with Crippen LogP contribution in [0.4, 0.5) is 0 Å². The molecule has 1 N–H and O–H groups in total. The molecule has 5 heteroatoms. The Morgan fingerprint density at radius 2 is 1.86 bits per heavy atom. The maximum Gasteiger partial charge on any atom is 0.330 e. The topological polar surface area (TPSA) is 58.1 Å². The number of amides is 1. The molecular weight excluding hydrogens is 350 g/mol. The van der Waals surface area contributed by atoms with Gasteiger partial charge < -0.3 is 9.88 Å². The molecule has 1 saturated heterocycles. The van der Waals surface area contributed by atoms with Crippen molar-refractivity contribution in [1.29, 1.82) is 0 Å². The van der Waals surface area contributed by atoms with Gasteiger partial charge in [-0.15, -0.1) is 0 Å². The molecule has 0 radical (unpaired) electrons. The van der Waals surface area contributed by atoms with E-state index in [1.54, 1.807) is 10.8 Å². The number of aromatic amines is 1. The lowest BCUT2D eigenvalue weighted by atomic mass is 10.0. The van der Waals surface area contributed by atoms with Crippen LogP contribution in [0.2, 0.25) is 0 Å². The number of imidazole rings is 1. The van der Waals surface area contributed by atoms with Crippen LogP contribution >= 0.6 is 0 Å². The van der Waals surface area contributed by atoms with Crippen LogP contribution in [-0.2, 0) is 6.42 Å². The summed E-state index contributed by atoms with van der Waals surface area (Å²) in [7, 11) is 0. The van der Waals surface area contributed by atoms with Crippen molar-refractivity contribution < 1.29 is 4.79 Å². The number of likely N-dealkylation sites (tertiary alicyclic amines) is 1. The Kier molecular flexibility index (Phi) is 5.15. The Labute approximate surface area is 164 Å². The van der Waals surface area contributed by atoms with Gasteiger partial charge in [0.2, 0.25) is 0 Å². The molecular formula is C23H25N3O2. The summed E-state index contributed by atoms with van der Waals surface area (Å²) in [4.78, 5) is 29.7. The molecule has 0 saturated carbocycles. The zero-order valence-electron chi connectivity index (χ0n) is 16.1. The number of nitrogens with one attached hydrogen (secondary N) is 1. The van der Waals surface area contributed by atoms with Crippen LogP contribution in [0.15, 0.2) is 65.6 Å². The number of aromatic nitrogens is 2. The lowest BCUT2D eigenvalue weighted by molar-refractivity contribution is 0.0730. The molecule has 1 amide bonds. The normalized spacial score (nSPS) is 16.5. The number of rotatable bonds is 5. The third kappa shape index (κ3) is 3.65. The molecule has 1 aliphatic rings. The number of benzene rings is 2. The van der Waals surface area contributed by atoms with Gasteiger partial charge >= 0.3 is 5.69 Å². The SMILES string of the molecule is Cc1c[nH]c(=O)n1-c1ccc(C(=O)N2CCCC2CCc2ccccc2)cc1. The van der Waals surface area contributed by atoms with E-state index in [4.69, 9.17) is 0 Å². The van der Waals surface area contributed by atoms with Crippen molar-refractivity contribution in [2.45, 2.75) is 38.6 Å². The summed E-state index contributed by atoms with van der Waals surface area (Å²) in [5.74, 6) is 0.0836. The van der Waals surface area contributed by atoms with E-state index < -0.39 is 0 Å². The highest BCUT2D eigenvalue weighted by molar-refractivity contribution is 5.94. The van der Waals surface area contributed by atoms with Crippen molar-refractivity contribution >= 4 is 5.91 Å². The summed E-state index contributed by atoms with van der Waals surface area (Å²) in [6.07, 6.45) is 5.79. The Morgan fingerprint density at radius 3 is 2.54 bits per heavy atom. The molecule has 1 unspecified atom stereocenters.